The number of rotatable bonds is 13. The molecule has 27 heteroatoms. The quantitative estimate of drug-likeness (QED) is 0.0278. The normalized spacial score (nSPS) is 13.2. The number of aromatic nitrogens is 2. The molecule has 2 heterocycles. The molecule has 1 atom stereocenters. The fourth-order valence-electron chi connectivity index (χ4n) is 5.56. The fourth-order valence-corrected chi connectivity index (χ4v) is 6.96. The van der Waals surface area contributed by atoms with E-state index in [1.54, 1.807) is 9.80 Å². The highest BCUT2D eigenvalue weighted by Crippen LogP contribution is 2.39. The number of nitrogen functional groups attached to an aromatic ring is 1. The van der Waals surface area contributed by atoms with Gasteiger partial charge in [0.1, 0.15) is 36.9 Å². The van der Waals surface area contributed by atoms with Crippen molar-refractivity contribution in [2.24, 2.45) is 0 Å². The predicted molar refractivity (Wildman–Crippen MR) is 242 cm³/mol. The molecule has 65 heavy (non-hydrogen) atoms. The number of carbonyl (C=O) groups excluding carboxylic acids is 2. The van der Waals surface area contributed by atoms with E-state index < -0.39 is 59.4 Å². The number of carboxylic acids is 1. The lowest BCUT2D eigenvalue weighted by Gasteiger charge is -2.35. The maximum Gasteiger partial charge on any atom is 0.416 e. The van der Waals surface area contributed by atoms with Crippen LogP contribution in [0.3, 0.4) is 0 Å². The van der Waals surface area contributed by atoms with Crippen LogP contribution in [0.1, 0.15) is 37.5 Å². The zero-order valence-corrected chi connectivity index (χ0v) is 39.4. The average Bonchev–Trinajstić information content (AvgIpc) is 3.60. The monoisotopic (exact) mass is 1040 g/mol. The number of nitrogens with zero attached hydrogens (tertiary/aromatic N) is 5. The summed E-state index contributed by atoms with van der Waals surface area (Å²) >= 11 is 28.5. The summed E-state index contributed by atoms with van der Waals surface area (Å²) in [6.07, 6.45) is -3.51. The number of carboxylic acid groups (broad SMARTS) is 1. The third kappa shape index (κ3) is 17.1. The third-order valence-corrected chi connectivity index (χ3v) is 10.2. The Bertz CT molecular complexity index is 2300. The molecule has 6 N–H and O–H groups in total. The first-order valence-electron chi connectivity index (χ1n) is 18.7. The van der Waals surface area contributed by atoms with Gasteiger partial charge >= 0.3 is 25.4 Å². The Hall–Kier alpha value is -4.41. The lowest BCUT2D eigenvalue weighted by molar-refractivity contribution is -0.383. The van der Waals surface area contributed by atoms with Crippen LogP contribution in [0, 0.1) is 17.0 Å². The molecule has 0 saturated carbocycles. The molecule has 3 aromatic carbocycles. The van der Waals surface area contributed by atoms with Gasteiger partial charge < -0.3 is 35.0 Å². The summed E-state index contributed by atoms with van der Waals surface area (Å²) in [6, 6.07) is 14.6. The molecule has 1 unspecified atom stereocenters. The third-order valence-electron chi connectivity index (χ3n) is 8.41. The van der Waals surface area contributed by atoms with E-state index in [4.69, 9.17) is 88.1 Å². The summed E-state index contributed by atoms with van der Waals surface area (Å²) < 4.78 is 59.6. The maximum atomic E-state index is 12.6. The zero-order chi connectivity index (χ0) is 49.4. The highest BCUT2D eigenvalue weighted by atomic mass is 35.5. The summed E-state index contributed by atoms with van der Waals surface area (Å²) in [6.45, 7) is 8.69. The molecule has 2 amide bonds. The van der Waals surface area contributed by atoms with Gasteiger partial charge in [-0.05, 0) is 62.6 Å². The molecule has 0 aliphatic carbocycles. The number of hydrogen-bond acceptors (Lipinski definition) is 11. The molecule has 0 fully saturated rings. The molecule has 18 nitrogen and oxygen atoms in total. The van der Waals surface area contributed by atoms with Crippen LogP contribution in [0.5, 0.6) is 5.75 Å². The number of nitro groups is 1. The Morgan fingerprint density at radius 3 is 2.23 bits per heavy atom. The second-order valence-corrected chi connectivity index (χ2v) is 17.0. The standard InChI is InChI=1S/C14H20ClNO2.C11H11Cl2NO2.C10H5Cl2F3N4O2.C3H8NO5P/c1-4-12-8-6-7-11(3)14(12)16(10-18-5-2)13(17)9-15;1-7-6-16-9-5-3-2-4-8(9)14(7)11(15)10(12)13;11-5-1-4(10(13,14)15)2-6(12)8(5)18-9(16)7(3-17-18)19(20)21;5-3(6)1-4-2-10(7,8)9/h6-8H,4-5,9-10H2,1-3H3;2-5,7,10H,6H2,1H3;1-3H,16H2;4H,1-2H2,(H,5,6)(H2,7,8,9). The van der Waals surface area contributed by atoms with E-state index in [0.29, 0.717) is 31.1 Å². The molecule has 1 aliphatic rings. The van der Waals surface area contributed by atoms with Crippen LogP contribution in [0.2, 0.25) is 10.0 Å². The molecule has 5 rings (SSSR count). The Kier molecular flexibility index (Phi) is 22.7. The summed E-state index contributed by atoms with van der Waals surface area (Å²) in [4.78, 5) is 62.0. The van der Waals surface area contributed by atoms with Crippen molar-refractivity contribution in [3.8, 4) is 11.4 Å². The Morgan fingerprint density at radius 1 is 1.12 bits per heavy atom. The van der Waals surface area contributed by atoms with Gasteiger partial charge in [0.15, 0.2) is 4.84 Å². The van der Waals surface area contributed by atoms with E-state index in [0.717, 1.165) is 39.8 Å². The molecule has 4 aromatic rings. The molecule has 0 bridgehead atoms. The van der Waals surface area contributed by atoms with Gasteiger partial charge in [-0.25, -0.2) is 4.68 Å². The van der Waals surface area contributed by atoms with Gasteiger partial charge in [0, 0.05) is 6.61 Å². The lowest BCUT2D eigenvalue weighted by Crippen LogP contribution is -2.47. The van der Waals surface area contributed by atoms with Gasteiger partial charge in [-0.15, -0.1) is 11.6 Å². The van der Waals surface area contributed by atoms with Crippen molar-refractivity contribution >= 4 is 106 Å². The fraction of sp³-hybridized carbons (Fsp3) is 0.368. The summed E-state index contributed by atoms with van der Waals surface area (Å²) in [5.41, 5.74) is 7.63. The SMILES string of the molecule is CC1COc2ccccc2N1C(=O)C(Cl)Cl.CCOCN(C(=O)CCl)c1c(C)cccc1CC.Nc1c([N+](=O)[O-])cnn1-c1c(Cl)cc(C(F)(F)F)cc1Cl.O=C(O)CNCP(=O)(O)O. The van der Waals surface area contributed by atoms with Crippen LogP contribution in [-0.2, 0) is 36.3 Å². The lowest BCUT2D eigenvalue weighted by atomic mass is 10.0. The first kappa shape index (κ1) is 56.7. The Balaban J connectivity index is 0.000000307. The van der Waals surface area contributed by atoms with Crippen LogP contribution >= 0.6 is 65.6 Å². The largest absolute Gasteiger partial charge is 0.489 e. The first-order valence-corrected chi connectivity index (χ1v) is 22.6. The van der Waals surface area contributed by atoms with Crippen molar-refractivity contribution in [2.75, 3.05) is 54.2 Å². The van der Waals surface area contributed by atoms with E-state index >= 15 is 0 Å². The van der Waals surface area contributed by atoms with E-state index in [1.807, 2.05) is 63.2 Å². The molecule has 1 aromatic heterocycles. The second-order valence-electron chi connectivity index (χ2n) is 13.2. The number of aryl methyl sites for hydroxylation is 2. The van der Waals surface area contributed by atoms with Gasteiger partial charge in [-0.1, -0.05) is 83.7 Å². The van der Waals surface area contributed by atoms with Crippen LogP contribution in [0.15, 0.2) is 60.8 Å². The highest BCUT2D eigenvalue weighted by molar-refractivity contribution is 7.51. The number of para-hydroxylation sites is 3. The molecule has 358 valence electrons. The summed E-state index contributed by atoms with van der Waals surface area (Å²) in [5.74, 6) is -1.34. The number of nitrogens with one attached hydrogen (secondary N) is 1. The van der Waals surface area contributed by atoms with Crippen molar-refractivity contribution in [2.45, 2.75) is 51.2 Å². The Morgan fingerprint density at radius 2 is 1.74 bits per heavy atom. The molecule has 0 spiro atoms. The maximum absolute atomic E-state index is 12.6. The van der Waals surface area contributed by atoms with Crippen LogP contribution < -0.4 is 25.6 Å². The molecule has 0 saturated heterocycles. The van der Waals surface area contributed by atoms with Gasteiger partial charge in [-0.2, -0.15) is 18.3 Å². The van der Waals surface area contributed by atoms with E-state index in [2.05, 4.69) is 17.3 Å². The van der Waals surface area contributed by atoms with Crippen molar-refractivity contribution in [1.29, 1.82) is 0 Å². The van der Waals surface area contributed by atoms with E-state index in [-0.39, 0.29) is 46.2 Å². The van der Waals surface area contributed by atoms with Crippen molar-refractivity contribution < 1.29 is 61.4 Å². The molecular weight excluding hydrogens is 996 g/mol. The first-order chi connectivity index (χ1) is 30.3. The van der Waals surface area contributed by atoms with Gasteiger partial charge in [0.05, 0.1) is 50.8 Å². The summed E-state index contributed by atoms with van der Waals surface area (Å²) in [7, 11) is -4.10. The average molecular weight is 1040 g/mol. The van der Waals surface area contributed by atoms with Crippen LogP contribution in [0.4, 0.5) is 36.1 Å². The topological polar surface area (TPSA) is 253 Å². The van der Waals surface area contributed by atoms with Crippen molar-refractivity contribution in [1.82, 2.24) is 15.1 Å². The zero-order valence-electron chi connectivity index (χ0n) is 34.8. The number of nitrogens with two attached hydrogens (primary N) is 1. The summed E-state index contributed by atoms with van der Waals surface area (Å²) in [5, 5.41) is 23.6. The van der Waals surface area contributed by atoms with Crippen LogP contribution in [0.25, 0.3) is 5.69 Å². The number of anilines is 3. The van der Waals surface area contributed by atoms with Crippen molar-refractivity contribution in [3.63, 3.8) is 0 Å². The number of benzene rings is 3. The van der Waals surface area contributed by atoms with Gasteiger partial charge in [-0.3, -0.25) is 39.3 Å². The Labute approximate surface area is 395 Å². The van der Waals surface area contributed by atoms with E-state index in [1.165, 1.54) is 0 Å². The predicted octanol–water partition coefficient (Wildman–Crippen LogP) is 8.21. The number of hydrogen-bond donors (Lipinski definition) is 5. The highest BCUT2D eigenvalue weighted by Gasteiger charge is 2.34. The number of aliphatic carboxylic acids is 1. The minimum atomic E-state index is -4.63. The molecule has 0 radical (unpaired) electrons. The number of ether oxygens (including phenoxy) is 2. The van der Waals surface area contributed by atoms with E-state index in [9.17, 15) is 42.2 Å². The molecular formula is C38H44Cl5F3N7O11P. The van der Waals surface area contributed by atoms with Gasteiger partial charge in [0.25, 0.3) is 5.91 Å². The molecule has 1 aliphatic heterocycles. The minimum Gasteiger partial charge on any atom is -0.489 e. The smallest absolute Gasteiger partial charge is 0.416 e. The van der Waals surface area contributed by atoms with Gasteiger partial charge in [0.2, 0.25) is 11.7 Å². The number of halogens is 8. The minimum absolute atomic E-state index is 0.0371. The number of alkyl halides is 6. The van der Waals surface area contributed by atoms with Crippen LogP contribution in [-0.4, -0.2) is 96.9 Å². The van der Waals surface area contributed by atoms with Crippen molar-refractivity contribution in [3.05, 3.63) is 97.6 Å². The second kappa shape index (κ2) is 26.1. The number of carbonyl (C=O) groups is 3. The number of fused-ring (bicyclic) bond motifs is 1. The number of amides is 2.